The number of carboxylic acids is 1. The minimum absolute atomic E-state index is 0.137. The van der Waals surface area contributed by atoms with Crippen molar-refractivity contribution in [3.8, 4) is 0 Å². The molecule has 0 bridgehead atoms. The number of hydrogen-bond donors (Lipinski definition) is 2. The number of hydrogen-bond acceptors (Lipinski definition) is 3. The number of carboxylic acid groups (broad SMARTS) is 1. The number of carbonyl (C=O) groups is 2. The fraction of sp³-hybridized carbons (Fsp3) is 0.882. The normalized spacial score (nSPS) is 30.0. The van der Waals surface area contributed by atoms with Gasteiger partial charge in [-0.25, -0.2) is 0 Å². The number of nitrogens with zero attached hydrogens (tertiary/aromatic N) is 1. The fourth-order valence-corrected chi connectivity index (χ4v) is 3.70. The molecule has 1 heterocycles. The number of aliphatic carboxylic acids is 1. The van der Waals surface area contributed by atoms with E-state index in [1.54, 1.807) is 0 Å². The highest BCUT2D eigenvalue weighted by molar-refractivity contribution is 5.76. The summed E-state index contributed by atoms with van der Waals surface area (Å²) in [5.74, 6) is -0.253. The predicted molar refractivity (Wildman–Crippen MR) is 85.6 cm³/mol. The Hall–Kier alpha value is -1.10. The molecule has 2 rings (SSSR count). The van der Waals surface area contributed by atoms with Crippen LogP contribution in [0.1, 0.15) is 58.3 Å². The van der Waals surface area contributed by atoms with Crippen molar-refractivity contribution in [2.24, 2.45) is 11.8 Å². The van der Waals surface area contributed by atoms with Gasteiger partial charge in [0.1, 0.15) is 0 Å². The molecule has 0 radical (unpaired) electrons. The largest absolute Gasteiger partial charge is 0.481 e. The first kappa shape index (κ1) is 17.3. The lowest BCUT2D eigenvalue weighted by atomic mass is 9.82. The van der Waals surface area contributed by atoms with Crippen LogP contribution in [0.25, 0.3) is 0 Å². The van der Waals surface area contributed by atoms with Crippen LogP contribution in [-0.4, -0.2) is 47.6 Å². The van der Waals surface area contributed by atoms with Gasteiger partial charge in [0.05, 0.1) is 5.92 Å². The van der Waals surface area contributed by atoms with Crippen LogP contribution in [0.15, 0.2) is 0 Å². The molecule has 1 aliphatic heterocycles. The van der Waals surface area contributed by atoms with Crippen molar-refractivity contribution < 1.29 is 14.7 Å². The summed E-state index contributed by atoms with van der Waals surface area (Å²) in [4.78, 5) is 25.3. The van der Waals surface area contributed by atoms with Crippen molar-refractivity contribution in [1.29, 1.82) is 0 Å². The van der Waals surface area contributed by atoms with Crippen molar-refractivity contribution in [2.45, 2.75) is 64.3 Å². The summed E-state index contributed by atoms with van der Waals surface area (Å²) in [6.45, 7) is 4.94. The zero-order valence-corrected chi connectivity index (χ0v) is 13.7. The lowest BCUT2D eigenvalue weighted by Crippen LogP contribution is -2.40. The molecule has 1 aliphatic carbocycles. The summed E-state index contributed by atoms with van der Waals surface area (Å²) in [6.07, 6.45) is 7.72. The third-order valence-corrected chi connectivity index (χ3v) is 5.35. The molecule has 126 valence electrons. The van der Waals surface area contributed by atoms with Crippen LogP contribution < -0.4 is 5.32 Å². The molecule has 0 aromatic rings. The monoisotopic (exact) mass is 310 g/mol. The van der Waals surface area contributed by atoms with E-state index in [0.717, 1.165) is 38.8 Å². The molecule has 2 aliphatic rings. The molecule has 1 amide bonds. The Morgan fingerprint density at radius 2 is 1.86 bits per heavy atom. The molecule has 0 aromatic carbocycles. The number of piperidine rings is 1. The second kappa shape index (κ2) is 8.51. The average Bonchev–Trinajstić information content (AvgIpc) is 2.52. The van der Waals surface area contributed by atoms with Crippen molar-refractivity contribution in [3.05, 3.63) is 0 Å². The highest BCUT2D eigenvalue weighted by Crippen LogP contribution is 2.28. The maximum Gasteiger partial charge on any atom is 0.306 e. The summed E-state index contributed by atoms with van der Waals surface area (Å²) in [7, 11) is 0. The summed E-state index contributed by atoms with van der Waals surface area (Å²) in [5, 5.41) is 12.0. The number of carbonyl (C=O) groups excluding carboxylic acids is 1. The molecule has 1 unspecified atom stereocenters. The molecule has 2 N–H and O–H groups in total. The summed E-state index contributed by atoms with van der Waals surface area (Å²) in [6, 6.07) is 0.604. The lowest BCUT2D eigenvalue weighted by molar-refractivity contribution is -0.143. The van der Waals surface area contributed by atoms with Crippen molar-refractivity contribution in [1.82, 2.24) is 10.2 Å². The van der Waals surface area contributed by atoms with E-state index in [4.69, 9.17) is 5.11 Å². The zero-order chi connectivity index (χ0) is 15.9. The quantitative estimate of drug-likeness (QED) is 0.789. The highest BCUT2D eigenvalue weighted by atomic mass is 16.4. The molecule has 1 atom stereocenters. The van der Waals surface area contributed by atoms with Gasteiger partial charge in [0.2, 0.25) is 5.91 Å². The smallest absolute Gasteiger partial charge is 0.306 e. The van der Waals surface area contributed by atoms with Gasteiger partial charge in [0.15, 0.2) is 0 Å². The maximum absolute atomic E-state index is 12.0. The van der Waals surface area contributed by atoms with Crippen LogP contribution in [0.4, 0.5) is 0 Å². The Bertz CT molecular complexity index is 378. The Balaban J connectivity index is 1.59. The van der Waals surface area contributed by atoms with E-state index in [2.05, 4.69) is 17.1 Å². The van der Waals surface area contributed by atoms with Crippen LogP contribution in [0.5, 0.6) is 0 Å². The number of likely N-dealkylation sites (tertiary alicyclic amines) is 1. The van der Waals surface area contributed by atoms with Gasteiger partial charge in [-0.3, -0.25) is 9.59 Å². The third kappa shape index (κ3) is 5.27. The van der Waals surface area contributed by atoms with E-state index in [-0.39, 0.29) is 11.8 Å². The van der Waals surface area contributed by atoms with Gasteiger partial charge < -0.3 is 15.3 Å². The number of rotatable bonds is 6. The minimum atomic E-state index is -0.668. The van der Waals surface area contributed by atoms with Crippen LogP contribution in [0, 0.1) is 11.8 Å². The van der Waals surface area contributed by atoms with E-state index < -0.39 is 5.97 Å². The van der Waals surface area contributed by atoms with Crippen molar-refractivity contribution in [3.63, 3.8) is 0 Å². The molecule has 1 saturated heterocycles. The van der Waals surface area contributed by atoms with Crippen molar-refractivity contribution in [2.75, 3.05) is 19.6 Å². The van der Waals surface area contributed by atoms with Gasteiger partial charge in [0.25, 0.3) is 0 Å². The molecule has 0 aromatic heterocycles. The average molecular weight is 310 g/mol. The molecular formula is C17H30N2O3. The summed E-state index contributed by atoms with van der Waals surface area (Å²) < 4.78 is 0. The molecular weight excluding hydrogens is 280 g/mol. The first-order chi connectivity index (χ1) is 10.6. The van der Waals surface area contributed by atoms with E-state index in [1.807, 2.05) is 0 Å². The van der Waals surface area contributed by atoms with Gasteiger partial charge >= 0.3 is 5.97 Å². The SMILES string of the molecule is CC1CCCCN1CCC(=O)NCC1CCC(C(=O)O)CC1. The molecule has 5 nitrogen and oxygen atoms in total. The minimum Gasteiger partial charge on any atom is -0.481 e. The molecule has 22 heavy (non-hydrogen) atoms. The maximum atomic E-state index is 12.0. The number of nitrogens with one attached hydrogen (secondary N) is 1. The Kier molecular flexibility index (Phi) is 6.68. The number of amides is 1. The predicted octanol–water partition coefficient (Wildman–Crippen LogP) is 2.26. The molecule has 2 fully saturated rings. The standard InChI is InChI=1S/C17H30N2O3/c1-13-4-2-3-10-19(13)11-9-16(20)18-12-14-5-7-15(8-6-14)17(21)22/h13-15H,2-12H2,1H3,(H,18,20)(H,21,22). The first-order valence-corrected chi connectivity index (χ1v) is 8.80. The first-order valence-electron chi connectivity index (χ1n) is 8.80. The summed E-state index contributed by atoms with van der Waals surface area (Å²) in [5.41, 5.74) is 0. The molecule has 5 heteroatoms. The van der Waals surface area contributed by atoms with Gasteiger partial charge in [-0.1, -0.05) is 6.42 Å². The van der Waals surface area contributed by atoms with E-state index in [1.165, 1.54) is 19.3 Å². The Morgan fingerprint density at radius 3 is 2.50 bits per heavy atom. The second-order valence-corrected chi connectivity index (χ2v) is 6.99. The Labute approximate surface area is 133 Å². The highest BCUT2D eigenvalue weighted by Gasteiger charge is 2.26. The van der Waals surface area contributed by atoms with Crippen LogP contribution >= 0.6 is 0 Å². The van der Waals surface area contributed by atoms with Gasteiger partial charge in [-0.2, -0.15) is 0 Å². The van der Waals surface area contributed by atoms with Gasteiger partial charge in [-0.05, 0) is 57.9 Å². The molecule has 0 spiro atoms. The second-order valence-electron chi connectivity index (χ2n) is 6.99. The molecule has 1 saturated carbocycles. The van der Waals surface area contributed by atoms with Gasteiger partial charge in [0, 0.05) is 25.6 Å². The van der Waals surface area contributed by atoms with E-state index >= 15 is 0 Å². The van der Waals surface area contributed by atoms with Crippen molar-refractivity contribution >= 4 is 11.9 Å². The van der Waals surface area contributed by atoms with E-state index in [0.29, 0.717) is 24.9 Å². The third-order valence-electron chi connectivity index (χ3n) is 5.35. The lowest BCUT2D eigenvalue weighted by Gasteiger charge is -2.33. The van der Waals surface area contributed by atoms with Crippen LogP contribution in [-0.2, 0) is 9.59 Å². The Morgan fingerprint density at radius 1 is 1.14 bits per heavy atom. The summed E-state index contributed by atoms with van der Waals surface area (Å²) >= 11 is 0. The fourth-order valence-electron chi connectivity index (χ4n) is 3.70. The van der Waals surface area contributed by atoms with Crippen LogP contribution in [0.2, 0.25) is 0 Å². The van der Waals surface area contributed by atoms with Crippen LogP contribution in [0.3, 0.4) is 0 Å². The van der Waals surface area contributed by atoms with Gasteiger partial charge in [-0.15, -0.1) is 0 Å². The zero-order valence-electron chi connectivity index (χ0n) is 13.7. The van der Waals surface area contributed by atoms with E-state index in [9.17, 15) is 9.59 Å². The topological polar surface area (TPSA) is 69.6 Å².